The van der Waals surface area contributed by atoms with Crippen LogP contribution in [0.5, 0.6) is 0 Å². The second-order valence-corrected chi connectivity index (χ2v) is 5.95. The van der Waals surface area contributed by atoms with E-state index < -0.39 is 0 Å². The average molecular weight is 324 g/mol. The van der Waals surface area contributed by atoms with Gasteiger partial charge in [-0.15, -0.1) is 11.3 Å². The molecular formula is C15H18ClN3OS. The van der Waals surface area contributed by atoms with Gasteiger partial charge in [0.1, 0.15) is 0 Å². The Balaban J connectivity index is 2.02. The molecule has 4 nitrogen and oxygen atoms in total. The van der Waals surface area contributed by atoms with Gasteiger partial charge in [-0.05, 0) is 32.0 Å². The molecule has 1 unspecified atom stereocenters. The fourth-order valence-electron chi connectivity index (χ4n) is 1.82. The zero-order valence-corrected chi connectivity index (χ0v) is 13.6. The van der Waals surface area contributed by atoms with Crippen LogP contribution >= 0.6 is 22.9 Å². The molecule has 1 aromatic heterocycles. The van der Waals surface area contributed by atoms with Gasteiger partial charge in [-0.3, -0.25) is 10.1 Å². The monoisotopic (exact) mass is 323 g/mol. The molecule has 21 heavy (non-hydrogen) atoms. The minimum Gasteiger partial charge on any atom is -0.309 e. The van der Waals surface area contributed by atoms with E-state index in [4.69, 9.17) is 11.6 Å². The van der Waals surface area contributed by atoms with Gasteiger partial charge in [-0.25, -0.2) is 4.98 Å². The number of nitrogens with zero attached hydrogens (tertiary/aromatic N) is 1. The van der Waals surface area contributed by atoms with Crippen LogP contribution in [0.3, 0.4) is 0 Å². The lowest BCUT2D eigenvalue weighted by molar-refractivity contribution is 0.102. The summed E-state index contributed by atoms with van der Waals surface area (Å²) in [5, 5.41) is 9.13. The summed E-state index contributed by atoms with van der Waals surface area (Å²) in [5.41, 5.74) is 1.39. The van der Waals surface area contributed by atoms with E-state index in [0.717, 1.165) is 18.7 Å². The highest BCUT2D eigenvalue weighted by atomic mass is 35.5. The number of hydrogen-bond acceptors (Lipinski definition) is 4. The first-order valence-electron chi connectivity index (χ1n) is 6.86. The lowest BCUT2D eigenvalue weighted by Gasteiger charge is -2.09. The summed E-state index contributed by atoms with van der Waals surface area (Å²) in [5.74, 6) is -0.240. The van der Waals surface area contributed by atoms with Gasteiger partial charge in [-0.1, -0.05) is 30.7 Å². The van der Waals surface area contributed by atoms with Crippen LogP contribution in [0.2, 0.25) is 5.02 Å². The molecule has 1 amide bonds. The highest BCUT2D eigenvalue weighted by Crippen LogP contribution is 2.22. The Hall–Kier alpha value is -1.43. The zero-order chi connectivity index (χ0) is 15.2. The molecule has 0 saturated carbocycles. The van der Waals surface area contributed by atoms with Crippen molar-refractivity contribution in [2.75, 3.05) is 11.9 Å². The molecule has 112 valence electrons. The molecule has 0 bridgehead atoms. The van der Waals surface area contributed by atoms with Crippen LogP contribution in [0.4, 0.5) is 5.13 Å². The predicted molar refractivity (Wildman–Crippen MR) is 88.2 cm³/mol. The van der Waals surface area contributed by atoms with Crippen molar-refractivity contribution < 1.29 is 4.79 Å². The van der Waals surface area contributed by atoms with Crippen LogP contribution in [0.15, 0.2) is 29.6 Å². The SMILES string of the molecule is CCCNC(C)c1csc(NC(=O)c2ccccc2Cl)n1. The van der Waals surface area contributed by atoms with Crippen molar-refractivity contribution >= 4 is 34.0 Å². The number of halogens is 1. The van der Waals surface area contributed by atoms with E-state index in [1.807, 2.05) is 5.38 Å². The van der Waals surface area contributed by atoms with E-state index in [2.05, 4.69) is 29.5 Å². The Morgan fingerprint density at radius 2 is 2.19 bits per heavy atom. The number of anilines is 1. The Labute approximate surface area is 133 Å². The summed E-state index contributed by atoms with van der Waals surface area (Å²) in [6.45, 7) is 5.13. The number of benzene rings is 1. The van der Waals surface area contributed by atoms with Crippen LogP contribution < -0.4 is 10.6 Å². The summed E-state index contributed by atoms with van der Waals surface area (Å²) in [4.78, 5) is 16.6. The van der Waals surface area contributed by atoms with Crippen molar-refractivity contribution in [2.24, 2.45) is 0 Å². The fraction of sp³-hybridized carbons (Fsp3) is 0.333. The number of amides is 1. The molecule has 0 saturated heterocycles. The minimum absolute atomic E-state index is 0.173. The molecule has 0 radical (unpaired) electrons. The number of carbonyl (C=O) groups excluding carboxylic acids is 1. The molecule has 0 aliphatic rings. The third-order valence-corrected chi connectivity index (χ3v) is 4.11. The fourth-order valence-corrected chi connectivity index (χ4v) is 2.84. The van der Waals surface area contributed by atoms with Gasteiger partial charge in [0, 0.05) is 11.4 Å². The zero-order valence-electron chi connectivity index (χ0n) is 12.0. The Morgan fingerprint density at radius 3 is 2.90 bits per heavy atom. The molecule has 2 aromatic rings. The molecule has 2 N–H and O–H groups in total. The summed E-state index contributed by atoms with van der Waals surface area (Å²) in [6.07, 6.45) is 1.07. The van der Waals surface area contributed by atoms with Crippen molar-refractivity contribution in [3.63, 3.8) is 0 Å². The number of aromatic nitrogens is 1. The molecule has 1 aromatic carbocycles. The number of thiazole rings is 1. The summed E-state index contributed by atoms with van der Waals surface area (Å²) >= 11 is 7.42. The Morgan fingerprint density at radius 1 is 1.43 bits per heavy atom. The second kappa shape index (κ2) is 7.54. The van der Waals surface area contributed by atoms with Crippen LogP contribution in [0.25, 0.3) is 0 Å². The molecule has 1 atom stereocenters. The molecule has 0 fully saturated rings. The van der Waals surface area contributed by atoms with E-state index >= 15 is 0 Å². The highest BCUT2D eigenvalue weighted by Gasteiger charge is 2.13. The number of rotatable bonds is 6. The molecule has 0 spiro atoms. The Kier molecular flexibility index (Phi) is 5.73. The lowest BCUT2D eigenvalue weighted by Crippen LogP contribution is -2.19. The third-order valence-electron chi connectivity index (χ3n) is 3.01. The first-order chi connectivity index (χ1) is 10.1. The van der Waals surface area contributed by atoms with E-state index in [9.17, 15) is 4.79 Å². The maximum absolute atomic E-state index is 12.1. The van der Waals surface area contributed by atoms with Gasteiger partial charge < -0.3 is 5.32 Å². The number of carbonyl (C=O) groups is 1. The maximum atomic E-state index is 12.1. The van der Waals surface area contributed by atoms with Gasteiger partial charge in [0.15, 0.2) is 5.13 Å². The summed E-state index contributed by atoms with van der Waals surface area (Å²) in [7, 11) is 0. The van der Waals surface area contributed by atoms with Crippen molar-refractivity contribution in [3.8, 4) is 0 Å². The van der Waals surface area contributed by atoms with Crippen LogP contribution in [0.1, 0.15) is 42.4 Å². The van der Waals surface area contributed by atoms with E-state index in [0.29, 0.717) is 15.7 Å². The van der Waals surface area contributed by atoms with Crippen LogP contribution in [-0.2, 0) is 0 Å². The molecule has 2 rings (SSSR count). The van der Waals surface area contributed by atoms with Crippen LogP contribution in [-0.4, -0.2) is 17.4 Å². The van der Waals surface area contributed by atoms with E-state index in [1.54, 1.807) is 24.3 Å². The standard InChI is InChI=1S/C15H18ClN3OS/c1-3-8-17-10(2)13-9-21-15(18-13)19-14(20)11-6-4-5-7-12(11)16/h4-7,9-10,17H,3,8H2,1-2H3,(H,18,19,20). The normalized spacial score (nSPS) is 12.1. The molecule has 1 heterocycles. The van der Waals surface area contributed by atoms with E-state index in [-0.39, 0.29) is 11.9 Å². The summed E-state index contributed by atoms with van der Waals surface area (Å²) < 4.78 is 0. The van der Waals surface area contributed by atoms with Crippen molar-refractivity contribution in [1.82, 2.24) is 10.3 Å². The highest BCUT2D eigenvalue weighted by molar-refractivity contribution is 7.14. The van der Waals surface area contributed by atoms with Gasteiger partial charge in [-0.2, -0.15) is 0 Å². The molecular weight excluding hydrogens is 306 g/mol. The van der Waals surface area contributed by atoms with Gasteiger partial charge in [0.25, 0.3) is 5.91 Å². The van der Waals surface area contributed by atoms with Crippen molar-refractivity contribution in [3.05, 3.63) is 45.9 Å². The smallest absolute Gasteiger partial charge is 0.258 e. The molecule has 0 aliphatic heterocycles. The minimum atomic E-state index is -0.240. The van der Waals surface area contributed by atoms with Crippen molar-refractivity contribution in [1.29, 1.82) is 0 Å². The van der Waals surface area contributed by atoms with E-state index in [1.165, 1.54) is 11.3 Å². The van der Waals surface area contributed by atoms with Gasteiger partial charge in [0.05, 0.1) is 16.3 Å². The van der Waals surface area contributed by atoms with Gasteiger partial charge >= 0.3 is 0 Å². The second-order valence-electron chi connectivity index (χ2n) is 4.69. The number of nitrogens with one attached hydrogen (secondary N) is 2. The van der Waals surface area contributed by atoms with Crippen molar-refractivity contribution in [2.45, 2.75) is 26.3 Å². The Bertz CT molecular complexity index is 614. The first-order valence-corrected chi connectivity index (χ1v) is 8.12. The number of hydrogen-bond donors (Lipinski definition) is 2. The maximum Gasteiger partial charge on any atom is 0.258 e. The lowest BCUT2D eigenvalue weighted by atomic mass is 10.2. The van der Waals surface area contributed by atoms with Crippen LogP contribution in [0, 0.1) is 0 Å². The molecule has 6 heteroatoms. The topological polar surface area (TPSA) is 54.0 Å². The predicted octanol–water partition coefficient (Wildman–Crippen LogP) is 4.11. The average Bonchev–Trinajstić information content (AvgIpc) is 2.93. The first kappa shape index (κ1) is 15.9. The third kappa shape index (κ3) is 4.27. The summed E-state index contributed by atoms with van der Waals surface area (Å²) in [6, 6.07) is 7.14. The quantitative estimate of drug-likeness (QED) is 0.841. The molecule has 0 aliphatic carbocycles. The largest absolute Gasteiger partial charge is 0.309 e. The van der Waals surface area contributed by atoms with Gasteiger partial charge in [0.2, 0.25) is 0 Å².